The van der Waals surface area contributed by atoms with Crippen LogP contribution in [0.1, 0.15) is 38.8 Å². The van der Waals surface area contributed by atoms with Crippen molar-refractivity contribution in [2.45, 2.75) is 51.1 Å². The second-order valence-electron chi connectivity index (χ2n) is 9.40. The molecule has 4 unspecified atom stereocenters. The molecule has 4 rings (SSSR count). The molecule has 7 nitrogen and oxygen atoms in total. The number of likely N-dealkylation sites (tertiary alicyclic amines) is 1. The van der Waals surface area contributed by atoms with E-state index in [9.17, 15) is 28.0 Å². The molecule has 4 atom stereocenters. The fourth-order valence-electron chi connectivity index (χ4n) is 5.56. The van der Waals surface area contributed by atoms with E-state index >= 15 is 0 Å². The molecule has 0 aromatic heterocycles. The quantitative estimate of drug-likeness (QED) is 0.403. The van der Waals surface area contributed by atoms with Crippen LogP contribution < -0.4 is 4.90 Å². The smallest absolute Gasteiger partial charge is 0.417 e. The number of carbonyl (C=O) groups excluding carboxylic acids is 2. The molecule has 3 aliphatic rings. The maximum absolute atomic E-state index is 13.4. The summed E-state index contributed by atoms with van der Waals surface area (Å²) in [4.78, 5) is 27.5. The summed E-state index contributed by atoms with van der Waals surface area (Å²) in [6, 6.07) is 3.93. The van der Waals surface area contributed by atoms with Gasteiger partial charge in [-0.1, -0.05) is 0 Å². The minimum absolute atomic E-state index is 0.0323. The van der Waals surface area contributed by atoms with E-state index in [4.69, 9.17) is 10.00 Å². The molecule has 0 spiro atoms. The number of fused-ring (bicyclic) bond motifs is 5. The number of amides is 2. The van der Waals surface area contributed by atoms with Gasteiger partial charge in [0, 0.05) is 0 Å². The van der Waals surface area contributed by atoms with Crippen molar-refractivity contribution in [3.63, 3.8) is 0 Å². The number of ether oxygens (including phenoxy) is 1. The summed E-state index contributed by atoms with van der Waals surface area (Å²) in [6.07, 6.45) is -4.82. The van der Waals surface area contributed by atoms with Crippen LogP contribution in [0.4, 0.5) is 18.9 Å². The lowest BCUT2D eigenvalue weighted by molar-refractivity contribution is -0.922. The molecule has 0 N–H and O–H groups in total. The van der Waals surface area contributed by atoms with Crippen molar-refractivity contribution in [1.82, 2.24) is 0 Å². The van der Waals surface area contributed by atoms with Gasteiger partial charge in [0.25, 0.3) is 0 Å². The van der Waals surface area contributed by atoms with Gasteiger partial charge in [-0.25, -0.2) is 4.90 Å². The highest BCUT2D eigenvalue weighted by Gasteiger charge is 2.74. The van der Waals surface area contributed by atoms with Gasteiger partial charge >= 0.3 is 6.18 Å². The zero-order valence-electron chi connectivity index (χ0n) is 17.5. The first-order chi connectivity index (χ1) is 14.2. The van der Waals surface area contributed by atoms with Crippen LogP contribution in [-0.4, -0.2) is 46.8 Å². The van der Waals surface area contributed by atoms with Gasteiger partial charge in [0.2, 0.25) is 11.8 Å². The largest absolute Gasteiger partial charge is 0.632 e. The molecule has 2 amide bonds. The molecule has 0 saturated carbocycles. The number of benzene rings is 1. The van der Waals surface area contributed by atoms with Gasteiger partial charge in [0.05, 0.1) is 40.8 Å². The number of quaternary nitrogens is 1. The maximum Gasteiger partial charge on any atom is 0.417 e. The highest BCUT2D eigenvalue weighted by atomic mass is 19.4. The summed E-state index contributed by atoms with van der Waals surface area (Å²) >= 11 is 0. The summed E-state index contributed by atoms with van der Waals surface area (Å²) < 4.78 is 45.7. The van der Waals surface area contributed by atoms with E-state index in [0.717, 1.165) is 17.0 Å². The molecule has 0 radical (unpaired) electrons. The van der Waals surface area contributed by atoms with Gasteiger partial charge in [-0.05, 0) is 45.9 Å². The van der Waals surface area contributed by atoms with Gasteiger partial charge in [-0.15, -0.1) is 0 Å². The first kappa shape index (κ1) is 21.7. The van der Waals surface area contributed by atoms with Gasteiger partial charge < -0.3 is 14.6 Å². The number of halogens is 3. The van der Waals surface area contributed by atoms with E-state index in [1.54, 1.807) is 27.7 Å². The van der Waals surface area contributed by atoms with E-state index in [-0.39, 0.29) is 24.8 Å². The Balaban J connectivity index is 1.79. The number of nitriles is 1. The van der Waals surface area contributed by atoms with Gasteiger partial charge in [-0.3, -0.25) is 9.59 Å². The fraction of sp³-hybridized carbons (Fsp3) is 0.571. The van der Waals surface area contributed by atoms with Gasteiger partial charge in [-0.2, -0.15) is 18.4 Å². The minimum atomic E-state index is -4.82. The SMILES string of the molecule is CC(C)[N+]1([O-])CC2(C)OC(C)(C1)C1C(=O)N(c3ccc(C#N)c(C(F)(F)F)c3)C(=O)C12. The molecule has 2 bridgehead atoms. The minimum Gasteiger partial charge on any atom is -0.632 e. The molecular weight excluding hydrogens is 415 g/mol. The Labute approximate surface area is 177 Å². The summed E-state index contributed by atoms with van der Waals surface area (Å²) in [5.41, 5.74) is -4.49. The number of imide groups is 1. The van der Waals surface area contributed by atoms with Crippen molar-refractivity contribution >= 4 is 17.5 Å². The molecule has 1 aromatic rings. The number of anilines is 1. The lowest BCUT2D eigenvalue weighted by Gasteiger charge is -2.56. The van der Waals surface area contributed by atoms with Crippen molar-refractivity contribution < 1.29 is 32.1 Å². The Bertz CT molecular complexity index is 998. The van der Waals surface area contributed by atoms with Crippen molar-refractivity contribution in [3.8, 4) is 6.07 Å². The van der Waals surface area contributed by atoms with Crippen LogP contribution in [0.2, 0.25) is 0 Å². The summed E-state index contributed by atoms with van der Waals surface area (Å²) in [5.74, 6) is -3.31. The highest BCUT2D eigenvalue weighted by molar-refractivity contribution is 6.23. The van der Waals surface area contributed by atoms with E-state index < -0.39 is 56.8 Å². The molecule has 0 aliphatic carbocycles. The van der Waals surface area contributed by atoms with E-state index in [1.165, 1.54) is 6.07 Å². The normalized spacial score (nSPS) is 37.4. The number of carbonyl (C=O) groups is 2. The average molecular weight is 437 g/mol. The monoisotopic (exact) mass is 437 g/mol. The zero-order valence-corrected chi connectivity index (χ0v) is 17.5. The Morgan fingerprint density at radius 3 is 2.13 bits per heavy atom. The Hall–Kier alpha value is -2.48. The van der Waals surface area contributed by atoms with Crippen molar-refractivity contribution in [2.75, 3.05) is 18.0 Å². The molecule has 3 heterocycles. The molecule has 3 aliphatic heterocycles. The first-order valence-corrected chi connectivity index (χ1v) is 9.94. The molecular formula is C21H22F3N3O4. The summed E-state index contributed by atoms with van der Waals surface area (Å²) in [7, 11) is 0. The van der Waals surface area contributed by atoms with Crippen LogP contribution in [0, 0.1) is 28.4 Å². The van der Waals surface area contributed by atoms with Gasteiger partial charge in [0.15, 0.2) is 0 Å². The van der Waals surface area contributed by atoms with E-state index in [0.29, 0.717) is 6.07 Å². The van der Waals surface area contributed by atoms with Crippen LogP contribution in [-0.2, 0) is 20.5 Å². The van der Waals surface area contributed by atoms with Crippen LogP contribution >= 0.6 is 0 Å². The third-order valence-corrected chi connectivity index (χ3v) is 6.88. The first-order valence-electron chi connectivity index (χ1n) is 9.94. The standard InChI is InChI=1S/C21H22F3N3O4/c1-11(2)27(30)9-19(3)15-16(20(4,10-27)31-19)18(29)26(17(15)28)13-6-5-12(8-25)14(7-13)21(22,23)24/h5-7,11,15-16H,9-10H2,1-4H3. The summed E-state index contributed by atoms with van der Waals surface area (Å²) in [6.45, 7) is 6.72. The van der Waals surface area contributed by atoms with E-state index in [1.807, 2.05) is 0 Å². The number of alkyl halides is 3. The highest BCUT2D eigenvalue weighted by Crippen LogP contribution is 2.57. The third-order valence-electron chi connectivity index (χ3n) is 6.88. The van der Waals surface area contributed by atoms with Crippen LogP contribution in [0.25, 0.3) is 0 Å². The second kappa shape index (κ2) is 6.28. The van der Waals surface area contributed by atoms with Crippen LogP contribution in [0.15, 0.2) is 18.2 Å². The molecule has 3 saturated heterocycles. The molecule has 1 aromatic carbocycles. The number of morpholine rings is 1. The van der Waals surface area contributed by atoms with Crippen molar-refractivity contribution in [2.24, 2.45) is 11.8 Å². The number of hydroxylamine groups is 3. The predicted molar refractivity (Wildman–Crippen MR) is 102 cm³/mol. The lowest BCUT2D eigenvalue weighted by atomic mass is 9.79. The Kier molecular flexibility index (Phi) is 4.40. The van der Waals surface area contributed by atoms with Crippen LogP contribution in [0.5, 0.6) is 0 Å². The fourth-order valence-corrected chi connectivity index (χ4v) is 5.56. The molecule has 3 fully saturated rings. The Morgan fingerprint density at radius 2 is 1.71 bits per heavy atom. The van der Waals surface area contributed by atoms with Crippen molar-refractivity contribution in [1.29, 1.82) is 5.26 Å². The second-order valence-corrected chi connectivity index (χ2v) is 9.40. The van der Waals surface area contributed by atoms with Gasteiger partial charge in [0.1, 0.15) is 24.3 Å². The lowest BCUT2D eigenvalue weighted by Crippen LogP contribution is -2.67. The van der Waals surface area contributed by atoms with Crippen LogP contribution in [0.3, 0.4) is 0 Å². The molecule has 10 heteroatoms. The van der Waals surface area contributed by atoms with Crippen molar-refractivity contribution in [3.05, 3.63) is 34.5 Å². The zero-order chi connectivity index (χ0) is 23.1. The number of hydrogen-bond acceptors (Lipinski definition) is 5. The Morgan fingerprint density at radius 1 is 1.19 bits per heavy atom. The topological polar surface area (TPSA) is 93.5 Å². The molecule has 166 valence electrons. The number of rotatable bonds is 2. The number of nitrogens with zero attached hydrogens (tertiary/aromatic N) is 3. The summed E-state index contributed by atoms with van der Waals surface area (Å²) in [5, 5.41) is 22.4. The predicted octanol–water partition coefficient (Wildman–Crippen LogP) is 2.97. The molecule has 31 heavy (non-hydrogen) atoms. The average Bonchev–Trinajstić information content (AvgIpc) is 3.00. The number of hydrogen-bond donors (Lipinski definition) is 0. The van der Waals surface area contributed by atoms with E-state index in [2.05, 4.69) is 0 Å². The maximum atomic E-state index is 13.4. The third kappa shape index (κ3) is 2.91.